The Morgan fingerprint density at radius 2 is 2.11 bits per heavy atom. The van der Waals surface area contributed by atoms with E-state index in [0.717, 1.165) is 23.3 Å². The lowest BCUT2D eigenvalue weighted by molar-refractivity contribution is 0.664. The zero-order chi connectivity index (χ0) is 12.4. The van der Waals surface area contributed by atoms with Gasteiger partial charge in [0.25, 0.3) is 0 Å². The molecular weight excluding hydrogens is 242 g/mol. The molecule has 2 heterocycles. The number of para-hydroxylation sites is 2. The lowest BCUT2D eigenvalue weighted by Gasteiger charge is -2.10. The highest BCUT2D eigenvalue weighted by Gasteiger charge is 2.15. The second-order valence-electron chi connectivity index (χ2n) is 4.36. The van der Waals surface area contributed by atoms with Crippen molar-refractivity contribution in [2.75, 3.05) is 6.54 Å². The molecule has 1 unspecified atom stereocenters. The summed E-state index contributed by atoms with van der Waals surface area (Å²) in [5.41, 5.74) is 7.98. The topological polar surface area (TPSA) is 54.7 Å². The van der Waals surface area contributed by atoms with Crippen LogP contribution in [0, 0.1) is 0 Å². The molecule has 0 fully saturated rings. The molecule has 18 heavy (non-hydrogen) atoms. The van der Waals surface area contributed by atoms with Crippen molar-refractivity contribution in [2.24, 2.45) is 5.73 Å². The lowest BCUT2D eigenvalue weighted by atomic mass is 10.0. The van der Waals surface area contributed by atoms with E-state index in [4.69, 9.17) is 5.73 Å². The molecule has 4 heteroatoms. The molecule has 0 saturated carbocycles. The number of thiophene rings is 1. The van der Waals surface area contributed by atoms with Crippen molar-refractivity contribution < 1.29 is 0 Å². The number of hydrogen-bond donors (Lipinski definition) is 2. The smallest absolute Gasteiger partial charge is 0.111 e. The lowest BCUT2D eigenvalue weighted by Crippen LogP contribution is -2.15. The average Bonchev–Trinajstić information content (AvgIpc) is 3.04. The van der Waals surface area contributed by atoms with E-state index in [-0.39, 0.29) is 5.92 Å². The van der Waals surface area contributed by atoms with Gasteiger partial charge in [0.1, 0.15) is 5.82 Å². The van der Waals surface area contributed by atoms with E-state index in [2.05, 4.69) is 27.5 Å². The van der Waals surface area contributed by atoms with Crippen molar-refractivity contribution in [3.8, 4) is 0 Å². The summed E-state index contributed by atoms with van der Waals surface area (Å²) in [7, 11) is 0. The Balaban J connectivity index is 1.90. The Bertz CT molecular complexity index is 594. The van der Waals surface area contributed by atoms with Gasteiger partial charge in [-0.2, -0.15) is 0 Å². The van der Waals surface area contributed by atoms with Gasteiger partial charge in [-0.1, -0.05) is 18.2 Å². The zero-order valence-electron chi connectivity index (χ0n) is 9.97. The summed E-state index contributed by atoms with van der Waals surface area (Å²) in [6.45, 7) is 0.609. The van der Waals surface area contributed by atoms with Gasteiger partial charge < -0.3 is 10.7 Å². The van der Waals surface area contributed by atoms with Crippen molar-refractivity contribution in [1.29, 1.82) is 0 Å². The molecule has 1 aromatic carbocycles. The van der Waals surface area contributed by atoms with Crippen LogP contribution in [-0.2, 0) is 6.42 Å². The van der Waals surface area contributed by atoms with Gasteiger partial charge in [0.2, 0.25) is 0 Å². The van der Waals surface area contributed by atoms with E-state index in [0.29, 0.717) is 6.54 Å². The molecule has 1 atom stereocenters. The van der Waals surface area contributed by atoms with Gasteiger partial charge >= 0.3 is 0 Å². The highest BCUT2D eigenvalue weighted by Crippen LogP contribution is 2.22. The van der Waals surface area contributed by atoms with Gasteiger partial charge in [-0.15, -0.1) is 11.3 Å². The number of benzene rings is 1. The van der Waals surface area contributed by atoms with Crippen LogP contribution < -0.4 is 5.73 Å². The number of imidazole rings is 1. The molecule has 3 nitrogen and oxygen atoms in total. The monoisotopic (exact) mass is 257 g/mol. The molecule has 0 radical (unpaired) electrons. The highest BCUT2D eigenvalue weighted by molar-refractivity contribution is 7.09. The Hall–Kier alpha value is -1.65. The fraction of sp³-hybridized carbons (Fsp3) is 0.214. The van der Waals surface area contributed by atoms with Crippen molar-refractivity contribution in [2.45, 2.75) is 12.3 Å². The van der Waals surface area contributed by atoms with Gasteiger partial charge in [0.05, 0.1) is 11.0 Å². The average molecular weight is 257 g/mol. The minimum Gasteiger partial charge on any atom is -0.342 e. The van der Waals surface area contributed by atoms with E-state index < -0.39 is 0 Å². The minimum atomic E-state index is 0.260. The number of nitrogens with one attached hydrogen (secondary N) is 1. The van der Waals surface area contributed by atoms with Crippen LogP contribution in [0.3, 0.4) is 0 Å². The summed E-state index contributed by atoms with van der Waals surface area (Å²) in [4.78, 5) is 9.36. The first-order chi connectivity index (χ1) is 8.86. The maximum atomic E-state index is 5.89. The van der Waals surface area contributed by atoms with Crippen LogP contribution >= 0.6 is 11.3 Å². The fourth-order valence-corrected chi connectivity index (χ4v) is 2.92. The molecule has 0 aliphatic carbocycles. The molecule has 0 bridgehead atoms. The summed E-state index contributed by atoms with van der Waals surface area (Å²) in [5, 5.41) is 2.10. The highest BCUT2D eigenvalue weighted by atomic mass is 32.1. The number of H-pyrrole nitrogens is 1. The first-order valence-electron chi connectivity index (χ1n) is 6.04. The van der Waals surface area contributed by atoms with E-state index in [1.165, 1.54) is 4.88 Å². The standard InChI is InChI=1S/C14H15N3S/c15-9-10(8-11-4-3-7-18-11)14-16-12-5-1-2-6-13(12)17-14/h1-7,10H,8-9,15H2,(H,16,17). The summed E-state index contributed by atoms with van der Waals surface area (Å²) in [6.07, 6.45) is 0.952. The van der Waals surface area contributed by atoms with Crippen molar-refractivity contribution in [3.05, 3.63) is 52.5 Å². The van der Waals surface area contributed by atoms with Gasteiger partial charge in [0, 0.05) is 17.3 Å². The van der Waals surface area contributed by atoms with Crippen molar-refractivity contribution >= 4 is 22.4 Å². The number of fused-ring (bicyclic) bond motifs is 1. The van der Waals surface area contributed by atoms with E-state index >= 15 is 0 Å². The second kappa shape index (κ2) is 4.92. The predicted octanol–water partition coefficient (Wildman–Crippen LogP) is 2.91. The second-order valence-corrected chi connectivity index (χ2v) is 5.39. The summed E-state index contributed by atoms with van der Waals surface area (Å²) in [5.74, 6) is 1.25. The zero-order valence-corrected chi connectivity index (χ0v) is 10.8. The van der Waals surface area contributed by atoms with Crippen molar-refractivity contribution in [1.82, 2.24) is 9.97 Å². The summed E-state index contributed by atoms with van der Waals surface area (Å²) < 4.78 is 0. The molecule has 3 N–H and O–H groups in total. The van der Waals surface area contributed by atoms with Crippen LogP contribution in [-0.4, -0.2) is 16.5 Å². The maximum Gasteiger partial charge on any atom is 0.111 e. The minimum absolute atomic E-state index is 0.260. The number of aromatic amines is 1. The van der Waals surface area contributed by atoms with Crippen LogP contribution in [0.1, 0.15) is 16.6 Å². The molecule has 0 aliphatic rings. The number of rotatable bonds is 4. The molecule has 0 aliphatic heterocycles. The Morgan fingerprint density at radius 3 is 2.83 bits per heavy atom. The van der Waals surface area contributed by atoms with Gasteiger partial charge in [-0.25, -0.2) is 4.98 Å². The van der Waals surface area contributed by atoms with Gasteiger partial charge in [-0.3, -0.25) is 0 Å². The van der Waals surface area contributed by atoms with Crippen LogP contribution in [0.15, 0.2) is 41.8 Å². The normalized spacial score (nSPS) is 12.9. The molecule has 0 saturated heterocycles. The molecule has 0 spiro atoms. The molecular formula is C14H15N3S. The Labute approximate surface area is 110 Å². The molecule has 2 aromatic heterocycles. The number of nitrogens with zero attached hydrogens (tertiary/aromatic N) is 1. The summed E-state index contributed by atoms with van der Waals surface area (Å²) in [6, 6.07) is 12.3. The number of aromatic nitrogens is 2. The van der Waals surface area contributed by atoms with Gasteiger partial charge in [-0.05, 0) is 30.0 Å². The van der Waals surface area contributed by atoms with E-state index in [9.17, 15) is 0 Å². The van der Waals surface area contributed by atoms with Gasteiger partial charge in [0.15, 0.2) is 0 Å². The largest absolute Gasteiger partial charge is 0.342 e. The number of nitrogens with two attached hydrogens (primary N) is 1. The molecule has 3 aromatic rings. The first kappa shape index (κ1) is 11.4. The van der Waals surface area contributed by atoms with Crippen LogP contribution in [0.4, 0.5) is 0 Å². The third kappa shape index (κ3) is 2.17. The van der Waals surface area contributed by atoms with Crippen LogP contribution in [0.2, 0.25) is 0 Å². The van der Waals surface area contributed by atoms with E-state index in [1.54, 1.807) is 11.3 Å². The van der Waals surface area contributed by atoms with Crippen molar-refractivity contribution in [3.63, 3.8) is 0 Å². The molecule has 92 valence electrons. The van der Waals surface area contributed by atoms with Crippen LogP contribution in [0.25, 0.3) is 11.0 Å². The Morgan fingerprint density at radius 1 is 1.22 bits per heavy atom. The quantitative estimate of drug-likeness (QED) is 0.755. The SMILES string of the molecule is NCC(Cc1cccs1)c1nc2ccccc2[nH]1. The van der Waals surface area contributed by atoms with E-state index in [1.807, 2.05) is 24.3 Å². The number of hydrogen-bond acceptors (Lipinski definition) is 3. The fourth-order valence-electron chi connectivity index (χ4n) is 2.13. The third-order valence-electron chi connectivity index (χ3n) is 3.11. The Kier molecular flexibility index (Phi) is 3.13. The molecule has 3 rings (SSSR count). The summed E-state index contributed by atoms with van der Waals surface area (Å²) >= 11 is 1.77. The first-order valence-corrected chi connectivity index (χ1v) is 6.92. The predicted molar refractivity (Wildman–Crippen MR) is 75.9 cm³/mol. The maximum absolute atomic E-state index is 5.89. The molecule has 0 amide bonds. The van der Waals surface area contributed by atoms with Crippen LogP contribution in [0.5, 0.6) is 0 Å². The third-order valence-corrected chi connectivity index (χ3v) is 4.01.